The molecule has 1 saturated heterocycles. The maximum Gasteiger partial charge on any atom is 0.573 e. The summed E-state index contributed by atoms with van der Waals surface area (Å²) < 4.78 is 42.9. The lowest BCUT2D eigenvalue weighted by Gasteiger charge is -2.33. The zero-order valence-corrected chi connectivity index (χ0v) is 18.2. The summed E-state index contributed by atoms with van der Waals surface area (Å²) in [5.41, 5.74) is 2.54. The van der Waals surface area contributed by atoms with Gasteiger partial charge in [0.1, 0.15) is 11.6 Å². The number of aliphatic carboxylic acids is 1. The van der Waals surface area contributed by atoms with Crippen LogP contribution in [0.3, 0.4) is 0 Å². The number of carboxylic acids is 1. The van der Waals surface area contributed by atoms with E-state index >= 15 is 0 Å². The van der Waals surface area contributed by atoms with Gasteiger partial charge in [-0.1, -0.05) is 0 Å². The van der Waals surface area contributed by atoms with E-state index in [4.69, 9.17) is 0 Å². The predicted octanol–water partition coefficient (Wildman–Crippen LogP) is 4.63. The van der Waals surface area contributed by atoms with Crippen molar-refractivity contribution in [3.63, 3.8) is 0 Å². The van der Waals surface area contributed by atoms with Gasteiger partial charge in [0.05, 0.1) is 22.2 Å². The lowest BCUT2D eigenvalue weighted by molar-refractivity contribution is -0.274. The van der Waals surface area contributed by atoms with E-state index in [1.165, 1.54) is 36.0 Å². The van der Waals surface area contributed by atoms with Gasteiger partial charge in [0.2, 0.25) is 0 Å². The SMILES string of the molecule is CSc1c(C)nc2cc(-c3ccc(OC(F)(F)F)cc3)nn2c1N1CCCC(C(=O)O)C1. The standard InChI is InChI=1S/C21H21F3N4O3S/c1-12-18(32-2)19(27-9-3-4-14(11-27)20(29)30)28-17(25-12)10-16(26-28)13-5-7-15(8-6-13)31-21(22,23)24/h5-8,10,14H,3-4,9,11H2,1-2H3,(H,29,30). The van der Waals surface area contributed by atoms with E-state index in [-0.39, 0.29) is 5.75 Å². The molecule has 0 bridgehead atoms. The first-order valence-corrected chi connectivity index (χ1v) is 11.2. The van der Waals surface area contributed by atoms with E-state index in [9.17, 15) is 23.1 Å². The number of aryl methyl sites for hydroxylation is 1. The van der Waals surface area contributed by atoms with Crippen LogP contribution in [0.15, 0.2) is 35.2 Å². The number of anilines is 1. The van der Waals surface area contributed by atoms with Gasteiger partial charge in [-0.3, -0.25) is 4.79 Å². The minimum atomic E-state index is -4.75. The van der Waals surface area contributed by atoms with E-state index < -0.39 is 18.2 Å². The number of alkyl halides is 3. The predicted molar refractivity (Wildman–Crippen MR) is 114 cm³/mol. The molecule has 32 heavy (non-hydrogen) atoms. The van der Waals surface area contributed by atoms with Gasteiger partial charge in [-0.25, -0.2) is 4.98 Å². The van der Waals surface area contributed by atoms with Gasteiger partial charge in [0, 0.05) is 24.7 Å². The monoisotopic (exact) mass is 466 g/mol. The average Bonchev–Trinajstić information content (AvgIpc) is 3.15. The average molecular weight is 466 g/mol. The Kier molecular flexibility index (Phi) is 5.93. The molecule has 4 rings (SSSR count). The Hall–Kier alpha value is -2.95. The van der Waals surface area contributed by atoms with Crippen LogP contribution in [0.1, 0.15) is 18.5 Å². The van der Waals surface area contributed by atoms with Crippen LogP contribution >= 0.6 is 11.8 Å². The van der Waals surface area contributed by atoms with Crippen LogP contribution in [0.4, 0.5) is 19.0 Å². The normalized spacial score (nSPS) is 17.0. The zero-order chi connectivity index (χ0) is 23.0. The first kappa shape index (κ1) is 22.3. The highest BCUT2D eigenvalue weighted by Crippen LogP contribution is 2.35. The number of piperidine rings is 1. The molecule has 1 unspecified atom stereocenters. The fourth-order valence-electron chi connectivity index (χ4n) is 3.94. The lowest BCUT2D eigenvalue weighted by Crippen LogP contribution is -2.40. The molecule has 1 atom stereocenters. The minimum Gasteiger partial charge on any atom is -0.481 e. The molecule has 2 aromatic heterocycles. The van der Waals surface area contributed by atoms with Crippen LogP contribution < -0.4 is 9.64 Å². The van der Waals surface area contributed by atoms with Crippen molar-refractivity contribution in [2.24, 2.45) is 5.92 Å². The first-order chi connectivity index (χ1) is 15.2. The highest BCUT2D eigenvalue weighted by Gasteiger charge is 2.31. The Morgan fingerprint density at radius 3 is 2.62 bits per heavy atom. The second kappa shape index (κ2) is 8.53. The van der Waals surface area contributed by atoms with Crippen LogP contribution in [0.5, 0.6) is 5.75 Å². The van der Waals surface area contributed by atoms with Crippen molar-refractivity contribution in [1.82, 2.24) is 14.6 Å². The van der Waals surface area contributed by atoms with Crippen molar-refractivity contribution in [3.8, 4) is 17.0 Å². The molecule has 170 valence electrons. The molecule has 1 aliphatic heterocycles. The van der Waals surface area contributed by atoms with Crippen LogP contribution in [0.2, 0.25) is 0 Å². The molecule has 0 radical (unpaired) electrons. The second-order valence-electron chi connectivity index (χ2n) is 7.55. The molecule has 3 aromatic rings. The van der Waals surface area contributed by atoms with Crippen molar-refractivity contribution >= 4 is 29.2 Å². The fraction of sp³-hybridized carbons (Fsp3) is 0.381. The Balaban J connectivity index is 1.75. The largest absolute Gasteiger partial charge is 0.573 e. The van der Waals surface area contributed by atoms with Crippen LogP contribution in [-0.2, 0) is 4.79 Å². The molecular formula is C21H21F3N4O3S. The summed E-state index contributed by atoms with van der Waals surface area (Å²) in [7, 11) is 0. The molecule has 0 spiro atoms. The van der Waals surface area contributed by atoms with E-state index in [2.05, 4.69) is 14.8 Å². The number of carbonyl (C=O) groups is 1. The van der Waals surface area contributed by atoms with Gasteiger partial charge in [-0.15, -0.1) is 24.9 Å². The van der Waals surface area contributed by atoms with Crippen molar-refractivity contribution in [3.05, 3.63) is 36.0 Å². The number of hydrogen-bond acceptors (Lipinski definition) is 6. The number of nitrogens with zero attached hydrogens (tertiary/aromatic N) is 4. The number of rotatable bonds is 5. The fourth-order valence-corrected chi connectivity index (χ4v) is 4.68. The Labute approximate surface area is 186 Å². The molecule has 0 amide bonds. The van der Waals surface area contributed by atoms with Crippen LogP contribution in [-0.4, -0.2) is 51.4 Å². The molecule has 1 N–H and O–H groups in total. The van der Waals surface area contributed by atoms with E-state index in [1.54, 1.807) is 10.6 Å². The summed E-state index contributed by atoms with van der Waals surface area (Å²) in [5.74, 6) is -0.797. The third-order valence-corrected chi connectivity index (χ3v) is 6.25. The number of carboxylic acid groups (broad SMARTS) is 1. The number of fused-ring (bicyclic) bond motifs is 1. The summed E-state index contributed by atoms with van der Waals surface area (Å²) in [6.45, 7) is 2.97. The second-order valence-corrected chi connectivity index (χ2v) is 8.37. The number of thioether (sulfide) groups is 1. The summed E-state index contributed by atoms with van der Waals surface area (Å²) in [4.78, 5) is 19.1. The van der Waals surface area contributed by atoms with Crippen molar-refractivity contribution in [2.75, 3.05) is 24.2 Å². The Morgan fingerprint density at radius 1 is 1.28 bits per heavy atom. The number of halogens is 3. The molecule has 1 aromatic carbocycles. The molecule has 0 aliphatic carbocycles. The molecular weight excluding hydrogens is 445 g/mol. The Morgan fingerprint density at radius 2 is 2.00 bits per heavy atom. The molecule has 7 nitrogen and oxygen atoms in total. The third kappa shape index (κ3) is 4.47. The van der Waals surface area contributed by atoms with Gasteiger partial charge in [0.25, 0.3) is 0 Å². The van der Waals surface area contributed by atoms with E-state index in [1.807, 2.05) is 18.1 Å². The highest BCUT2D eigenvalue weighted by atomic mass is 32.2. The van der Waals surface area contributed by atoms with E-state index in [0.29, 0.717) is 36.4 Å². The zero-order valence-electron chi connectivity index (χ0n) is 17.4. The highest BCUT2D eigenvalue weighted by molar-refractivity contribution is 7.98. The van der Waals surface area contributed by atoms with Gasteiger partial charge in [0.15, 0.2) is 5.65 Å². The summed E-state index contributed by atoms with van der Waals surface area (Å²) in [6, 6.07) is 7.25. The third-order valence-electron chi connectivity index (χ3n) is 5.36. The topological polar surface area (TPSA) is 80.0 Å². The quantitative estimate of drug-likeness (QED) is 0.550. The summed E-state index contributed by atoms with van der Waals surface area (Å²) in [6.07, 6.45) is -1.44. The van der Waals surface area contributed by atoms with Gasteiger partial charge >= 0.3 is 12.3 Å². The maximum absolute atomic E-state index is 12.4. The molecule has 3 heterocycles. The molecule has 0 saturated carbocycles. The van der Waals surface area contributed by atoms with Gasteiger partial charge in [-0.2, -0.15) is 9.61 Å². The smallest absolute Gasteiger partial charge is 0.481 e. The van der Waals surface area contributed by atoms with Crippen molar-refractivity contribution in [2.45, 2.75) is 31.0 Å². The Bertz CT molecular complexity index is 1150. The van der Waals surface area contributed by atoms with Gasteiger partial charge in [-0.05, 0) is 50.3 Å². The first-order valence-electron chi connectivity index (χ1n) is 9.94. The van der Waals surface area contributed by atoms with Crippen LogP contribution in [0, 0.1) is 12.8 Å². The number of aromatic nitrogens is 3. The number of benzene rings is 1. The number of ether oxygens (including phenoxy) is 1. The maximum atomic E-state index is 12.4. The van der Waals surface area contributed by atoms with Crippen molar-refractivity contribution < 1.29 is 27.8 Å². The summed E-state index contributed by atoms with van der Waals surface area (Å²) in [5, 5.41) is 14.2. The van der Waals surface area contributed by atoms with E-state index in [0.717, 1.165) is 22.8 Å². The molecule has 11 heteroatoms. The van der Waals surface area contributed by atoms with Crippen LogP contribution in [0.25, 0.3) is 16.9 Å². The summed E-state index contributed by atoms with van der Waals surface area (Å²) >= 11 is 1.52. The van der Waals surface area contributed by atoms with Crippen molar-refractivity contribution in [1.29, 1.82) is 0 Å². The van der Waals surface area contributed by atoms with Gasteiger partial charge < -0.3 is 14.7 Å². The minimum absolute atomic E-state index is 0.308. The lowest BCUT2D eigenvalue weighted by atomic mass is 9.98. The molecule has 1 fully saturated rings. The molecule has 1 aliphatic rings. The number of hydrogen-bond donors (Lipinski definition) is 1.